The number of amides is 1. The van der Waals surface area contributed by atoms with Crippen LogP contribution in [0.4, 0.5) is 10.2 Å². The molecule has 0 radical (unpaired) electrons. The molecule has 18 heavy (non-hydrogen) atoms. The first-order valence-electron chi connectivity index (χ1n) is 5.26. The van der Waals surface area contributed by atoms with Gasteiger partial charge in [0.15, 0.2) is 0 Å². The van der Waals surface area contributed by atoms with E-state index in [9.17, 15) is 9.18 Å². The summed E-state index contributed by atoms with van der Waals surface area (Å²) in [5.41, 5.74) is 1.22. The lowest BCUT2D eigenvalue weighted by Gasteiger charge is -2.07. The standard InChI is InChI=1S/C13H10ClFN2O/c1-8-7-9(14)5-6-10(8)13(18)17-12-4-2-3-11(15)16-12/h2-7H,1H3,(H,16,17,18). The van der Waals surface area contributed by atoms with E-state index in [1.165, 1.54) is 18.2 Å². The molecule has 0 fully saturated rings. The van der Waals surface area contributed by atoms with Gasteiger partial charge in [0.2, 0.25) is 5.95 Å². The van der Waals surface area contributed by atoms with Gasteiger partial charge in [0.25, 0.3) is 5.91 Å². The Kier molecular flexibility index (Phi) is 3.58. The maximum absolute atomic E-state index is 12.9. The number of anilines is 1. The number of hydrogen-bond donors (Lipinski definition) is 1. The van der Waals surface area contributed by atoms with Gasteiger partial charge in [-0.15, -0.1) is 0 Å². The summed E-state index contributed by atoms with van der Waals surface area (Å²) in [6, 6.07) is 9.15. The third kappa shape index (κ3) is 2.84. The summed E-state index contributed by atoms with van der Waals surface area (Å²) in [6.45, 7) is 1.78. The molecule has 1 aromatic carbocycles. The van der Waals surface area contributed by atoms with Crippen LogP contribution in [0.1, 0.15) is 15.9 Å². The molecule has 0 saturated carbocycles. The Hall–Kier alpha value is -1.94. The molecule has 0 bridgehead atoms. The number of aromatic nitrogens is 1. The molecular weight excluding hydrogens is 255 g/mol. The number of halogens is 2. The smallest absolute Gasteiger partial charge is 0.257 e. The molecule has 0 aliphatic carbocycles. The quantitative estimate of drug-likeness (QED) is 0.845. The van der Waals surface area contributed by atoms with Crippen LogP contribution in [-0.2, 0) is 0 Å². The molecule has 0 saturated heterocycles. The third-order valence-electron chi connectivity index (χ3n) is 2.39. The van der Waals surface area contributed by atoms with Crippen LogP contribution in [0.25, 0.3) is 0 Å². The number of rotatable bonds is 2. The van der Waals surface area contributed by atoms with Gasteiger partial charge in [-0.1, -0.05) is 17.7 Å². The predicted molar refractivity (Wildman–Crippen MR) is 68.3 cm³/mol. The number of aryl methyl sites for hydroxylation is 1. The molecule has 92 valence electrons. The van der Waals surface area contributed by atoms with Gasteiger partial charge >= 0.3 is 0 Å². The first-order valence-corrected chi connectivity index (χ1v) is 5.64. The predicted octanol–water partition coefficient (Wildman–Crippen LogP) is 3.43. The average molecular weight is 265 g/mol. The van der Waals surface area contributed by atoms with E-state index in [0.717, 1.165) is 5.56 Å². The monoisotopic (exact) mass is 264 g/mol. The molecule has 2 rings (SSSR count). The zero-order chi connectivity index (χ0) is 13.1. The van der Waals surface area contributed by atoms with Crippen LogP contribution in [0.2, 0.25) is 5.02 Å². The molecule has 0 spiro atoms. The van der Waals surface area contributed by atoms with Crippen molar-refractivity contribution in [2.24, 2.45) is 0 Å². The van der Waals surface area contributed by atoms with Crippen LogP contribution < -0.4 is 5.32 Å². The van der Waals surface area contributed by atoms with Gasteiger partial charge in [0, 0.05) is 10.6 Å². The average Bonchev–Trinajstić information content (AvgIpc) is 2.28. The Labute approximate surface area is 109 Å². The molecule has 5 heteroatoms. The zero-order valence-electron chi connectivity index (χ0n) is 9.58. The lowest BCUT2D eigenvalue weighted by atomic mass is 10.1. The minimum Gasteiger partial charge on any atom is -0.306 e. The number of benzene rings is 1. The molecule has 1 aromatic heterocycles. The Morgan fingerprint density at radius 3 is 2.78 bits per heavy atom. The van der Waals surface area contributed by atoms with E-state index in [4.69, 9.17) is 11.6 Å². The van der Waals surface area contributed by atoms with Crippen LogP contribution in [0.5, 0.6) is 0 Å². The molecule has 0 atom stereocenters. The van der Waals surface area contributed by atoms with E-state index in [0.29, 0.717) is 10.6 Å². The van der Waals surface area contributed by atoms with E-state index < -0.39 is 5.95 Å². The second-order valence-corrected chi connectivity index (χ2v) is 4.20. The van der Waals surface area contributed by atoms with Gasteiger partial charge in [0.05, 0.1) is 0 Å². The van der Waals surface area contributed by atoms with Gasteiger partial charge in [-0.3, -0.25) is 4.79 Å². The SMILES string of the molecule is Cc1cc(Cl)ccc1C(=O)Nc1cccc(F)n1. The number of hydrogen-bond acceptors (Lipinski definition) is 2. The van der Waals surface area contributed by atoms with Gasteiger partial charge < -0.3 is 5.32 Å². The Morgan fingerprint density at radius 1 is 1.33 bits per heavy atom. The molecular formula is C13H10ClFN2O. The fourth-order valence-electron chi connectivity index (χ4n) is 1.54. The number of pyridine rings is 1. The molecule has 1 N–H and O–H groups in total. The number of nitrogens with one attached hydrogen (secondary N) is 1. The highest BCUT2D eigenvalue weighted by Gasteiger charge is 2.10. The van der Waals surface area contributed by atoms with E-state index in [2.05, 4.69) is 10.3 Å². The Balaban J connectivity index is 2.22. The zero-order valence-corrected chi connectivity index (χ0v) is 10.3. The van der Waals surface area contributed by atoms with Gasteiger partial charge in [-0.2, -0.15) is 4.39 Å². The van der Waals surface area contributed by atoms with Crippen LogP contribution in [0.3, 0.4) is 0 Å². The van der Waals surface area contributed by atoms with Crippen molar-refractivity contribution >= 4 is 23.3 Å². The van der Waals surface area contributed by atoms with Crippen molar-refractivity contribution in [1.29, 1.82) is 0 Å². The largest absolute Gasteiger partial charge is 0.306 e. The second kappa shape index (κ2) is 5.14. The molecule has 0 aliphatic heterocycles. The lowest BCUT2D eigenvalue weighted by molar-refractivity contribution is 0.102. The highest BCUT2D eigenvalue weighted by molar-refractivity contribution is 6.30. The van der Waals surface area contributed by atoms with E-state index >= 15 is 0 Å². The fraction of sp³-hybridized carbons (Fsp3) is 0.0769. The van der Waals surface area contributed by atoms with Crippen LogP contribution in [0, 0.1) is 12.9 Å². The molecule has 0 aliphatic rings. The number of carbonyl (C=O) groups excluding carboxylic acids is 1. The second-order valence-electron chi connectivity index (χ2n) is 3.76. The fourth-order valence-corrected chi connectivity index (χ4v) is 1.77. The van der Waals surface area contributed by atoms with Gasteiger partial charge in [-0.25, -0.2) is 4.98 Å². The molecule has 3 nitrogen and oxygen atoms in total. The van der Waals surface area contributed by atoms with Gasteiger partial charge in [-0.05, 0) is 42.8 Å². The van der Waals surface area contributed by atoms with E-state index in [-0.39, 0.29) is 11.7 Å². The van der Waals surface area contributed by atoms with Crippen molar-refractivity contribution in [3.05, 3.63) is 58.5 Å². The van der Waals surface area contributed by atoms with E-state index in [1.807, 2.05) is 0 Å². The lowest BCUT2D eigenvalue weighted by Crippen LogP contribution is -2.14. The molecule has 1 heterocycles. The van der Waals surface area contributed by atoms with E-state index in [1.54, 1.807) is 25.1 Å². The first-order chi connectivity index (χ1) is 8.56. The summed E-state index contributed by atoms with van der Waals surface area (Å²) in [4.78, 5) is 15.5. The van der Waals surface area contributed by atoms with Crippen LogP contribution >= 0.6 is 11.6 Å². The Bertz CT molecular complexity index is 601. The highest BCUT2D eigenvalue weighted by Crippen LogP contribution is 2.16. The highest BCUT2D eigenvalue weighted by atomic mass is 35.5. The summed E-state index contributed by atoms with van der Waals surface area (Å²) < 4.78 is 12.9. The summed E-state index contributed by atoms with van der Waals surface area (Å²) in [6.07, 6.45) is 0. The maximum atomic E-state index is 12.9. The van der Waals surface area contributed by atoms with Crippen molar-refractivity contribution in [1.82, 2.24) is 4.98 Å². The summed E-state index contributed by atoms with van der Waals surface area (Å²) >= 11 is 5.81. The molecule has 0 unspecified atom stereocenters. The van der Waals surface area contributed by atoms with Crippen LogP contribution in [-0.4, -0.2) is 10.9 Å². The minimum atomic E-state index is -0.638. The van der Waals surface area contributed by atoms with Crippen LogP contribution in [0.15, 0.2) is 36.4 Å². The summed E-state index contributed by atoms with van der Waals surface area (Å²) in [5, 5.41) is 3.09. The minimum absolute atomic E-state index is 0.175. The first kappa shape index (κ1) is 12.5. The molecule has 1 amide bonds. The normalized spacial score (nSPS) is 10.2. The number of carbonyl (C=O) groups is 1. The Morgan fingerprint density at radius 2 is 2.11 bits per heavy atom. The summed E-state index contributed by atoms with van der Waals surface area (Å²) in [7, 11) is 0. The topological polar surface area (TPSA) is 42.0 Å². The summed E-state index contributed by atoms with van der Waals surface area (Å²) in [5.74, 6) is -0.808. The van der Waals surface area contributed by atoms with Crippen molar-refractivity contribution in [3.63, 3.8) is 0 Å². The maximum Gasteiger partial charge on any atom is 0.257 e. The van der Waals surface area contributed by atoms with Crippen molar-refractivity contribution in [2.75, 3.05) is 5.32 Å². The number of nitrogens with zero attached hydrogens (tertiary/aromatic N) is 1. The van der Waals surface area contributed by atoms with Crippen molar-refractivity contribution in [3.8, 4) is 0 Å². The molecule has 2 aromatic rings. The third-order valence-corrected chi connectivity index (χ3v) is 2.62. The van der Waals surface area contributed by atoms with Crippen molar-refractivity contribution in [2.45, 2.75) is 6.92 Å². The van der Waals surface area contributed by atoms with Crippen molar-refractivity contribution < 1.29 is 9.18 Å². The van der Waals surface area contributed by atoms with Gasteiger partial charge in [0.1, 0.15) is 5.82 Å².